The fraction of sp³-hybridized carbons (Fsp3) is 0.351. The number of fused-ring (bicyclic) bond motifs is 1. The highest BCUT2D eigenvalue weighted by molar-refractivity contribution is 6.39. The minimum absolute atomic E-state index is 0.0875. The van der Waals surface area contributed by atoms with Crippen LogP contribution < -0.4 is 20.7 Å². The number of nitrogens with zero attached hydrogens (tertiary/aromatic N) is 7. The van der Waals surface area contributed by atoms with E-state index in [4.69, 9.17) is 37.9 Å². The summed E-state index contributed by atoms with van der Waals surface area (Å²) in [5.74, 6) is 0.494. The standard InChI is InChI=1S/C37H40Cl2N10O3/c1-21-28(42-20-47(21)2)18-49-15-13-30-29(19-49)44-35(48(30)3)36(51)45-27-7-5-6-25(32(27)38)34-33(39)24(12-14-41-34)26-10-8-22(37(46-26)52-4)16-40-17-23-9-11-31(50)43-23/h5-8,10,12,14,20,23,40H,9,11,13,15-19H2,1-4H3,(H,43,50)(H,45,51)/t23-/m0/s1. The Hall–Kier alpha value is -4.82. The average Bonchev–Trinajstić information content (AvgIpc) is 3.81. The number of rotatable bonds is 11. The van der Waals surface area contributed by atoms with Crippen LogP contribution in [0, 0.1) is 6.92 Å². The molecule has 0 spiro atoms. The molecule has 2 aliphatic rings. The molecule has 4 aromatic heterocycles. The van der Waals surface area contributed by atoms with Crippen molar-refractivity contribution in [3.63, 3.8) is 0 Å². The Balaban J connectivity index is 1.07. The summed E-state index contributed by atoms with van der Waals surface area (Å²) in [6, 6.07) is 11.1. The number of methoxy groups -OCH3 is 1. The summed E-state index contributed by atoms with van der Waals surface area (Å²) in [5.41, 5.74) is 7.64. The summed E-state index contributed by atoms with van der Waals surface area (Å²) in [7, 11) is 5.44. The van der Waals surface area contributed by atoms with Gasteiger partial charge in [-0.3, -0.25) is 19.5 Å². The van der Waals surface area contributed by atoms with Crippen LogP contribution in [0.3, 0.4) is 0 Å². The molecule has 0 radical (unpaired) electrons. The monoisotopic (exact) mass is 742 g/mol. The van der Waals surface area contributed by atoms with Crippen LogP contribution in [0.2, 0.25) is 10.0 Å². The summed E-state index contributed by atoms with van der Waals surface area (Å²) in [6.07, 6.45) is 5.64. The predicted octanol–water partition coefficient (Wildman–Crippen LogP) is 5.08. The molecule has 13 nitrogen and oxygen atoms in total. The molecule has 15 heteroatoms. The van der Waals surface area contributed by atoms with Crippen molar-refractivity contribution in [1.29, 1.82) is 0 Å². The van der Waals surface area contributed by atoms with Crippen LogP contribution in [-0.2, 0) is 44.9 Å². The van der Waals surface area contributed by atoms with Crippen molar-refractivity contribution in [2.75, 3.05) is 25.5 Å². The number of imidazole rings is 2. The van der Waals surface area contributed by atoms with E-state index in [1.807, 2.05) is 47.8 Å². The number of halogens is 2. The van der Waals surface area contributed by atoms with Crippen molar-refractivity contribution < 1.29 is 14.3 Å². The van der Waals surface area contributed by atoms with Crippen LogP contribution in [0.1, 0.15) is 51.8 Å². The molecule has 0 saturated carbocycles. The summed E-state index contributed by atoms with van der Waals surface area (Å²) in [4.78, 5) is 46.1. The van der Waals surface area contributed by atoms with Crippen LogP contribution in [0.15, 0.2) is 48.9 Å². The zero-order valence-corrected chi connectivity index (χ0v) is 31.0. The van der Waals surface area contributed by atoms with Gasteiger partial charge >= 0.3 is 0 Å². The minimum Gasteiger partial charge on any atom is -0.481 e. The van der Waals surface area contributed by atoms with E-state index in [2.05, 4.69) is 37.7 Å². The van der Waals surface area contributed by atoms with Crippen molar-refractivity contribution in [1.82, 2.24) is 44.6 Å². The van der Waals surface area contributed by atoms with E-state index in [0.717, 1.165) is 54.3 Å². The van der Waals surface area contributed by atoms with Gasteiger partial charge in [0, 0.05) is 100.0 Å². The minimum atomic E-state index is -0.366. The van der Waals surface area contributed by atoms with Crippen LogP contribution in [-0.4, -0.2) is 72.0 Å². The Morgan fingerprint density at radius 1 is 1.06 bits per heavy atom. The van der Waals surface area contributed by atoms with Crippen molar-refractivity contribution in [2.45, 2.75) is 51.9 Å². The lowest BCUT2D eigenvalue weighted by atomic mass is 10.1. The fourth-order valence-corrected chi connectivity index (χ4v) is 7.36. The number of carbonyl (C=O) groups is 2. The van der Waals surface area contributed by atoms with Gasteiger partial charge in [0.05, 0.1) is 51.9 Å². The van der Waals surface area contributed by atoms with E-state index < -0.39 is 0 Å². The highest BCUT2D eigenvalue weighted by Gasteiger charge is 2.27. The topological polar surface area (TPSA) is 144 Å². The van der Waals surface area contributed by atoms with E-state index >= 15 is 0 Å². The second-order valence-electron chi connectivity index (χ2n) is 13.2. The van der Waals surface area contributed by atoms with Gasteiger partial charge in [-0.2, -0.15) is 0 Å². The molecule has 3 N–H and O–H groups in total. The Morgan fingerprint density at radius 3 is 2.65 bits per heavy atom. The third-order valence-electron chi connectivity index (χ3n) is 9.84. The molecule has 0 unspecified atom stereocenters. The Labute approximate surface area is 311 Å². The van der Waals surface area contributed by atoms with Crippen molar-refractivity contribution >= 4 is 40.7 Å². The van der Waals surface area contributed by atoms with E-state index in [-0.39, 0.29) is 17.9 Å². The maximum Gasteiger partial charge on any atom is 0.291 e. The van der Waals surface area contributed by atoms with E-state index in [1.165, 1.54) is 0 Å². The second kappa shape index (κ2) is 15.0. The van der Waals surface area contributed by atoms with Gasteiger partial charge in [-0.15, -0.1) is 0 Å². The van der Waals surface area contributed by atoms with E-state index in [9.17, 15) is 9.59 Å². The summed E-state index contributed by atoms with van der Waals surface area (Å²) in [5, 5.41) is 9.95. The number of ether oxygens (including phenoxy) is 1. The zero-order chi connectivity index (χ0) is 36.5. The Kier molecular flexibility index (Phi) is 10.3. The molecule has 0 bridgehead atoms. The molecule has 52 heavy (non-hydrogen) atoms. The first-order chi connectivity index (χ1) is 25.1. The van der Waals surface area contributed by atoms with Gasteiger partial charge < -0.3 is 29.8 Å². The third-order valence-corrected chi connectivity index (χ3v) is 10.6. The van der Waals surface area contributed by atoms with Crippen LogP contribution in [0.5, 0.6) is 5.88 Å². The molecular formula is C37H40Cl2N10O3. The zero-order valence-electron chi connectivity index (χ0n) is 29.5. The highest BCUT2D eigenvalue weighted by Crippen LogP contribution is 2.40. The smallest absolute Gasteiger partial charge is 0.291 e. The summed E-state index contributed by atoms with van der Waals surface area (Å²) in [6.45, 7) is 5.45. The van der Waals surface area contributed by atoms with Crippen LogP contribution >= 0.6 is 23.2 Å². The lowest BCUT2D eigenvalue weighted by molar-refractivity contribution is -0.119. The second-order valence-corrected chi connectivity index (χ2v) is 13.9. The first-order valence-electron chi connectivity index (χ1n) is 17.1. The molecule has 1 aromatic carbocycles. The number of pyridine rings is 2. The summed E-state index contributed by atoms with van der Waals surface area (Å²) >= 11 is 13.9. The predicted molar refractivity (Wildman–Crippen MR) is 199 cm³/mol. The van der Waals surface area contributed by atoms with Gasteiger partial charge in [0.1, 0.15) is 0 Å². The molecule has 0 aliphatic carbocycles. The first kappa shape index (κ1) is 35.6. The molecule has 7 rings (SSSR count). The molecular weight excluding hydrogens is 703 g/mol. The van der Waals surface area contributed by atoms with E-state index in [0.29, 0.717) is 76.0 Å². The highest BCUT2D eigenvalue weighted by atomic mass is 35.5. The third kappa shape index (κ3) is 7.13. The van der Waals surface area contributed by atoms with E-state index in [1.54, 1.807) is 31.5 Å². The Morgan fingerprint density at radius 2 is 1.90 bits per heavy atom. The number of anilines is 1. The van der Waals surface area contributed by atoms with Crippen molar-refractivity contribution in [3.8, 4) is 28.4 Å². The van der Waals surface area contributed by atoms with Crippen molar-refractivity contribution in [2.24, 2.45) is 14.1 Å². The number of aromatic nitrogens is 6. The molecule has 2 aliphatic heterocycles. The van der Waals surface area contributed by atoms with Crippen molar-refractivity contribution in [3.05, 3.63) is 93.1 Å². The average molecular weight is 744 g/mol. The van der Waals surface area contributed by atoms with Gasteiger partial charge in [0.2, 0.25) is 11.8 Å². The lowest BCUT2D eigenvalue weighted by Gasteiger charge is -2.26. The maximum absolute atomic E-state index is 13.6. The van der Waals surface area contributed by atoms with Gasteiger partial charge in [-0.25, -0.2) is 15.0 Å². The quantitative estimate of drug-likeness (QED) is 0.169. The number of nitrogens with one attached hydrogen (secondary N) is 3. The fourth-order valence-electron chi connectivity index (χ4n) is 6.79. The van der Waals surface area contributed by atoms with Gasteiger partial charge in [0.25, 0.3) is 5.91 Å². The van der Waals surface area contributed by atoms with Gasteiger partial charge in [-0.05, 0) is 31.5 Å². The van der Waals surface area contributed by atoms with Crippen LogP contribution in [0.25, 0.3) is 22.5 Å². The Bertz CT molecular complexity index is 2160. The first-order valence-corrected chi connectivity index (χ1v) is 17.9. The van der Waals surface area contributed by atoms with Crippen LogP contribution in [0.4, 0.5) is 5.69 Å². The molecule has 270 valence electrons. The molecule has 1 atom stereocenters. The number of hydrogen-bond acceptors (Lipinski definition) is 9. The largest absolute Gasteiger partial charge is 0.481 e. The number of benzene rings is 1. The van der Waals surface area contributed by atoms with Gasteiger partial charge in [-0.1, -0.05) is 41.4 Å². The lowest BCUT2D eigenvalue weighted by Crippen LogP contribution is -2.35. The molecule has 1 saturated heterocycles. The summed E-state index contributed by atoms with van der Waals surface area (Å²) < 4.78 is 9.51. The molecule has 2 amide bonds. The number of amides is 2. The molecule has 5 aromatic rings. The number of carbonyl (C=O) groups excluding carboxylic acids is 2. The number of aryl methyl sites for hydroxylation is 1. The molecule has 6 heterocycles. The number of hydrogen-bond donors (Lipinski definition) is 3. The normalized spacial score (nSPS) is 15.8. The SMILES string of the molecule is COc1nc(-c2ccnc(-c3cccc(NC(=O)c4nc5c(n4C)CCN(Cc4ncn(C)c4C)C5)c3Cl)c2Cl)ccc1CNC[C@@H]1CCC(=O)N1. The van der Waals surface area contributed by atoms with Gasteiger partial charge in [0.15, 0.2) is 5.82 Å². The molecule has 1 fully saturated rings. The maximum atomic E-state index is 13.6.